The van der Waals surface area contributed by atoms with Crippen molar-refractivity contribution in [2.45, 2.75) is 40.0 Å². The molecule has 0 spiro atoms. The maximum Gasteiger partial charge on any atom is 0.270 e. The highest BCUT2D eigenvalue weighted by atomic mass is 35.5. The van der Waals surface area contributed by atoms with Crippen LogP contribution >= 0.6 is 22.9 Å². The van der Waals surface area contributed by atoms with Crippen LogP contribution < -0.4 is 5.32 Å². The number of nitrogens with one attached hydrogen (secondary N) is 1. The second-order valence-electron chi connectivity index (χ2n) is 10.7. The molecule has 1 atom stereocenters. The number of non-ortho nitro benzene ring substituents is 1. The molecular formula is C30H28ClN3O4S. The first-order chi connectivity index (χ1) is 18.6. The summed E-state index contributed by atoms with van der Waals surface area (Å²) in [5, 5.41) is 15.4. The number of fused-ring (bicyclic) bond motifs is 1. The molecule has 0 saturated carbocycles. The molecule has 0 saturated heterocycles. The molecule has 2 heterocycles. The summed E-state index contributed by atoms with van der Waals surface area (Å²) < 4.78 is 5.92. The van der Waals surface area contributed by atoms with Crippen molar-refractivity contribution in [2.75, 3.05) is 5.32 Å². The molecule has 1 aliphatic carbocycles. The van der Waals surface area contributed by atoms with E-state index < -0.39 is 4.92 Å². The van der Waals surface area contributed by atoms with Gasteiger partial charge in [-0.3, -0.25) is 14.9 Å². The second-order valence-corrected chi connectivity index (χ2v) is 12.2. The first kappa shape index (κ1) is 26.8. The number of anilines is 1. The van der Waals surface area contributed by atoms with Gasteiger partial charge in [-0.2, -0.15) is 0 Å². The average Bonchev–Trinajstić information content (AvgIpc) is 3.52. The van der Waals surface area contributed by atoms with Crippen LogP contribution in [-0.2, 0) is 12.8 Å². The summed E-state index contributed by atoms with van der Waals surface area (Å²) in [6, 6.07) is 16.8. The summed E-state index contributed by atoms with van der Waals surface area (Å²) in [5.74, 6) is 1.31. The Bertz CT molecular complexity index is 1560. The Morgan fingerprint density at radius 2 is 1.95 bits per heavy atom. The van der Waals surface area contributed by atoms with Crippen molar-refractivity contribution in [3.05, 3.63) is 97.6 Å². The van der Waals surface area contributed by atoms with E-state index in [1.54, 1.807) is 66.1 Å². The minimum Gasteiger partial charge on any atom is -0.455 e. The van der Waals surface area contributed by atoms with Gasteiger partial charge in [0.1, 0.15) is 16.5 Å². The molecule has 0 bridgehead atoms. The molecule has 7 nitrogen and oxygen atoms in total. The Morgan fingerprint density at radius 1 is 1.18 bits per heavy atom. The molecule has 4 aromatic rings. The highest BCUT2D eigenvalue weighted by Gasteiger charge is 2.33. The van der Waals surface area contributed by atoms with Crippen molar-refractivity contribution in [2.24, 2.45) is 16.3 Å². The third-order valence-electron chi connectivity index (χ3n) is 7.08. The zero-order chi connectivity index (χ0) is 27.7. The molecule has 0 fully saturated rings. The van der Waals surface area contributed by atoms with Crippen molar-refractivity contribution in [1.29, 1.82) is 0 Å². The number of carbonyl (C=O) groups excluding carboxylic acids is 1. The van der Waals surface area contributed by atoms with Crippen LogP contribution in [-0.4, -0.2) is 17.0 Å². The molecule has 2 aromatic heterocycles. The molecule has 9 heteroatoms. The van der Waals surface area contributed by atoms with E-state index in [2.05, 4.69) is 26.1 Å². The summed E-state index contributed by atoms with van der Waals surface area (Å²) in [5.41, 5.74) is 3.10. The number of hydrogen-bond donors (Lipinski definition) is 1. The molecule has 1 aliphatic rings. The fourth-order valence-corrected chi connectivity index (χ4v) is 6.23. The van der Waals surface area contributed by atoms with E-state index in [1.807, 2.05) is 0 Å². The Kier molecular flexibility index (Phi) is 7.42. The van der Waals surface area contributed by atoms with Gasteiger partial charge in [0, 0.05) is 33.3 Å². The number of furan rings is 1. The fraction of sp³-hybridized carbons (Fsp3) is 0.267. The minimum absolute atomic E-state index is 0.00631. The lowest BCUT2D eigenvalue weighted by Crippen LogP contribution is -2.27. The molecule has 39 heavy (non-hydrogen) atoms. The van der Waals surface area contributed by atoms with Gasteiger partial charge in [-0.25, -0.2) is 4.99 Å². The van der Waals surface area contributed by atoms with Gasteiger partial charge in [-0.1, -0.05) is 44.5 Å². The molecule has 1 N–H and O–H groups in total. The highest BCUT2D eigenvalue weighted by Crippen LogP contribution is 2.45. The van der Waals surface area contributed by atoms with Crippen molar-refractivity contribution in [3.8, 4) is 11.3 Å². The van der Waals surface area contributed by atoms with E-state index in [1.165, 1.54) is 17.0 Å². The maximum absolute atomic E-state index is 13.5. The zero-order valence-corrected chi connectivity index (χ0v) is 23.4. The van der Waals surface area contributed by atoms with Crippen molar-refractivity contribution < 1.29 is 14.1 Å². The van der Waals surface area contributed by atoms with Crippen LogP contribution in [0.4, 0.5) is 16.4 Å². The third-order valence-corrected chi connectivity index (χ3v) is 8.49. The number of amides is 1. The predicted octanol–water partition coefficient (Wildman–Crippen LogP) is 8.72. The Balaban J connectivity index is 1.46. The van der Waals surface area contributed by atoms with Crippen LogP contribution in [0.2, 0.25) is 5.02 Å². The molecule has 0 unspecified atom stereocenters. The van der Waals surface area contributed by atoms with Gasteiger partial charge >= 0.3 is 0 Å². The number of hydrogen-bond acceptors (Lipinski definition) is 6. The molecule has 200 valence electrons. The van der Waals surface area contributed by atoms with E-state index in [4.69, 9.17) is 21.0 Å². The van der Waals surface area contributed by atoms with E-state index in [0.29, 0.717) is 44.3 Å². The SMILES string of the molecule is CC(C)(C)[C@@H]1CCc2c(sc(N=Cc3ccc(-c4cccc([N+](=O)[O-])c4)o3)c2C(=O)Nc2ccc(Cl)cc2)C1. The second kappa shape index (κ2) is 10.8. The van der Waals surface area contributed by atoms with Crippen molar-refractivity contribution in [1.82, 2.24) is 0 Å². The first-order valence-corrected chi connectivity index (χ1v) is 13.9. The van der Waals surface area contributed by atoms with Gasteiger partial charge in [-0.15, -0.1) is 11.3 Å². The summed E-state index contributed by atoms with van der Waals surface area (Å²) in [6.45, 7) is 6.79. The zero-order valence-electron chi connectivity index (χ0n) is 21.9. The number of nitro benzene ring substituents is 1. The van der Waals surface area contributed by atoms with Gasteiger partial charge in [0.25, 0.3) is 11.6 Å². The smallest absolute Gasteiger partial charge is 0.270 e. The minimum atomic E-state index is -0.436. The standard InChI is InChI=1S/C30H28ClN3O4S/c1-30(2,3)19-7-13-24-26(16-19)39-29(27(24)28(35)33-21-10-8-20(31)9-11-21)32-17-23-12-14-25(38-23)18-5-4-6-22(15-18)34(36)37/h4-6,8-12,14-15,17,19H,7,13,16H2,1-3H3,(H,33,35)/t19-/m1/s1. The van der Waals surface area contributed by atoms with Gasteiger partial charge < -0.3 is 9.73 Å². The monoisotopic (exact) mass is 561 g/mol. The van der Waals surface area contributed by atoms with E-state index in [9.17, 15) is 14.9 Å². The lowest BCUT2D eigenvalue weighted by molar-refractivity contribution is -0.384. The molecule has 5 rings (SSSR count). The van der Waals surface area contributed by atoms with Crippen molar-refractivity contribution >= 4 is 51.4 Å². The largest absolute Gasteiger partial charge is 0.455 e. The number of halogens is 1. The van der Waals surface area contributed by atoms with Gasteiger partial charge in [0.05, 0.1) is 16.7 Å². The van der Waals surface area contributed by atoms with E-state index in [0.717, 1.165) is 24.8 Å². The number of aliphatic imine (C=N–C) groups is 1. The predicted molar refractivity (Wildman–Crippen MR) is 157 cm³/mol. The number of nitro groups is 1. The summed E-state index contributed by atoms with van der Waals surface area (Å²) in [6.07, 6.45) is 4.35. The van der Waals surface area contributed by atoms with Gasteiger partial charge in [0.2, 0.25) is 0 Å². The van der Waals surface area contributed by atoms with Crippen LogP contribution in [0, 0.1) is 21.4 Å². The summed E-state index contributed by atoms with van der Waals surface area (Å²) >= 11 is 7.57. The van der Waals surface area contributed by atoms with Gasteiger partial charge in [-0.05, 0) is 72.6 Å². The normalized spacial score (nSPS) is 15.3. The summed E-state index contributed by atoms with van der Waals surface area (Å²) in [7, 11) is 0. The number of carbonyl (C=O) groups is 1. The van der Waals surface area contributed by atoms with Crippen LogP contribution in [0.3, 0.4) is 0 Å². The topological polar surface area (TPSA) is 97.7 Å². The van der Waals surface area contributed by atoms with E-state index in [-0.39, 0.29) is 17.0 Å². The Labute approximate surface area is 235 Å². The number of rotatable bonds is 6. The lowest BCUT2D eigenvalue weighted by Gasteiger charge is -2.33. The van der Waals surface area contributed by atoms with Crippen LogP contribution in [0.15, 0.2) is 70.1 Å². The molecule has 0 aliphatic heterocycles. The third kappa shape index (κ3) is 5.97. The molecular weight excluding hydrogens is 534 g/mol. The first-order valence-electron chi connectivity index (χ1n) is 12.7. The van der Waals surface area contributed by atoms with Crippen LogP contribution in [0.25, 0.3) is 11.3 Å². The van der Waals surface area contributed by atoms with Crippen LogP contribution in [0.1, 0.15) is 53.8 Å². The highest BCUT2D eigenvalue weighted by molar-refractivity contribution is 7.16. The fourth-order valence-electron chi connectivity index (χ4n) is 4.83. The summed E-state index contributed by atoms with van der Waals surface area (Å²) in [4.78, 5) is 30.1. The quantitative estimate of drug-likeness (QED) is 0.144. The molecule has 0 radical (unpaired) electrons. The number of nitrogens with zero attached hydrogens (tertiary/aromatic N) is 2. The van der Waals surface area contributed by atoms with E-state index >= 15 is 0 Å². The maximum atomic E-state index is 13.5. The average molecular weight is 562 g/mol. The lowest BCUT2D eigenvalue weighted by atomic mass is 9.72. The molecule has 2 aromatic carbocycles. The van der Waals surface area contributed by atoms with Crippen LogP contribution in [0.5, 0.6) is 0 Å². The molecule has 1 amide bonds. The Hall–Kier alpha value is -3.75. The van der Waals surface area contributed by atoms with Crippen molar-refractivity contribution in [3.63, 3.8) is 0 Å². The number of benzene rings is 2. The van der Waals surface area contributed by atoms with Gasteiger partial charge in [0.15, 0.2) is 0 Å². The Morgan fingerprint density at radius 3 is 2.67 bits per heavy atom. The number of thiophene rings is 1.